The van der Waals surface area contributed by atoms with Crippen molar-refractivity contribution in [1.29, 1.82) is 0 Å². The largest absolute Gasteiger partial charge is 0.462 e. The Morgan fingerprint density at radius 1 is 1.30 bits per heavy atom. The first-order valence-corrected chi connectivity index (χ1v) is 7.31. The smallest absolute Gasteiger partial charge is 0.339 e. The molecule has 1 aromatic heterocycles. The maximum absolute atomic E-state index is 11.6. The van der Waals surface area contributed by atoms with Crippen molar-refractivity contribution in [2.45, 2.75) is 19.8 Å². The van der Waals surface area contributed by atoms with Crippen molar-refractivity contribution in [3.05, 3.63) is 36.0 Å². The molecule has 2 aliphatic rings. The number of fused-ring (bicyclic) bond motifs is 1. The predicted molar refractivity (Wildman–Crippen MR) is 77.8 cm³/mol. The summed E-state index contributed by atoms with van der Waals surface area (Å²) < 4.78 is 4.97. The van der Waals surface area contributed by atoms with Crippen LogP contribution in [-0.2, 0) is 4.74 Å². The third-order valence-corrected chi connectivity index (χ3v) is 4.20. The van der Waals surface area contributed by atoms with Gasteiger partial charge in [-0.3, -0.25) is 0 Å². The number of ether oxygens (including phenoxy) is 1. The second-order valence-corrected chi connectivity index (χ2v) is 5.49. The van der Waals surface area contributed by atoms with Crippen LogP contribution in [0.4, 0.5) is 5.82 Å². The average Bonchev–Trinajstić information content (AvgIpc) is 2.91. The van der Waals surface area contributed by atoms with Gasteiger partial charge in [-0.2, -0.15) is 0 Å². The molecule has 20 heavy (non-hydrogen) atoms. The molecule has 0 aromatic carbocycles. The molecule has 106 valence electrons. The highest BCUT2D eigenvalue weighted by Gasteiger charge is 2.33. The van der Waals surface area contributed by atoms with Crippen LogP contribution in [-0.4, -0.2) is 30.6 Å². The molecule has 1 fully saturated rings. The van der Waals surface area contributed by atoms with Crippen molar-refractivity contribution in [2.75, 3.05) is 24.6 Å². The first-order chi connectivity index (χ1) is 9.78. The molecule has 0 radical (unpaired) electrons. The Kier molecular flexibility index (Phi) is 3.72. The molecule has 0 saturated carbocycles. The Labute approximate surface area is 119 Å². The van der Waals surface area contributed by atoms with Gasteiger partial charge in [-0.05, 0) is 43.7 Å². The number of hydrogen-bond acceptors (Lipinski definition) is 4. The summed E-state index contributed by atoms with van der Waals surface area (Å²) in [4.78, 5) is 18.4. The molecule has 0 bridgehead atoms. The molecular weight excluding hydrogens is 252 g/mol. The Morgan fingerprint density at radius 2 is 2.00 bits per heavy atom. The fourth-order valence-corrected chi connectivity index (χ4v) is 3.11. The van der Waals surface area contributed by atoms with Gasteiger partial charge >= 0.3 is 5.97 Å². The Morgan fingerprint density at radius 3 is 2.55 bits per heavy atom. The van der Waals surface area contributed by atoms with Crippen molar-refractivity contribution in [3.63, 3.8) is 0 Å². The van der Waals surface area contributed by atoms with Gasteiger partial charge in [-0.1, -0.05) is 12.2 Å². The number of esters is 1. The number of aromatic nitrogens is 1. The molecule has 0 spiro atoms. The van der Waals surface area contributed by atoms with Crippen LogP contribution in [0.15, 0.2) is 30.5 Å². The Bertz CT molecular complexity index is 494. The highest BCUT2D eigenvalue weighted by atomic mass is 16.5. The molecule has 3 rings (SSSR count). The van der Waals surface area contributed by atoms with Gasteiger partial charge in [0.1, 0.15) is 5.82 Å². The highest BCUT2D eigenvalue weighted by Crippen LogP contribution is 2.34. The van der Waals surface area contributed by atoms with E-state index in [2.05, 4.69) is 22.0 Å². The molecule has 1 aromatic rings. The number of carbonyl (C=O) groups excluding carboxylic acids is 1. The summed E-state index contributed by atoms with van der Waals surface area (Å²) >= 11 is 0. The molecule has 1 aliphatic carbocycles. The van der Waals surface area contributed by atoms with Crippen LogP contribution in [0.5, 0.6) is 0 Å². The van der Waals surface area contributed by atoms with Gasteiger partial charge in [0.25, 0.3) is 0 Å². The fraction of sp³-hybridized carbons (Fsp3) is 0.500. The van der Waals surface area contributed by atoms with Crippen LogP contribution in [0.25, 0.3) is 0 Å². The van der Waals surface area contributed by atoms with E-state index in [4.69, 9.17) is 4.74 Å². The number of anilines is 1. The standard InChI is InChI=1S/C16H20N2O2/c1-2-20-16(19)12-7-8-15(17-9-12)18-10-13-5-3-4-6-14(13)11-18/h3-4,7-9,13-14H,2,5-6,10-11H2,1H3. The van der Waals surface area contributed by atoms with E-state index >= 15 is 0 Å². The lowest BCUT2D eigenvalue weighted by Gasteiger charge is -2.17. The number of nitrogens with zero attached hydrogens (tertiary/aromatic N) is 2. The van der Waals surface area contributed by atoms with E-state index in [-0.39, 0.29) is 5.97 Å². The first-order valence-electron chi connectivity index (χ1n) is 7.31. The van der Waals surface area contributed by atoms with Gasteiger partial charge in [0, 0.05) is 19.3 Å². The van der Waals surface area contributed by atoms with Gasteiger partial charge in [0.05, 0.1) is 12.2 Å². The van der Waals surface area contributed by atoms with Gasteiger partial charge in [0.2, 0.25) is 0 Å². The van der Waals surface area contributed by atoms with Crippen molar-refractivity contribution in [3.8, 4) is 0 Å². The van der Waals surface area contributed by atoms with Gasteiger partial charge < -0.3 is 9.64 Å². The SMILES string of the molecule is CCOC(=O)c1ccc(N2CC3CC=CCC3C2)nc1. The zero-order valence-corrected chi connectivity index (χ0v) is 11.8. The number of allylic oxidation sites excluding steroid dienone is 2. The van der Waals surface area contributed by atoms with E-state index in [1.165, 1.54) is 12.8 Å². The van der Waals surface area contributed by atoms with Crippen LogP contribution in [0.3, 0.4) is 0 Å². The van der Waals surface area contributed by atoms with Crippen molar-refractivity contribution in [2.24, 2.45) is 11.8 Å². The summed E-state index contributed by atoms with van der Waals surface area (Å²) in [6, 6.07) is 3.73. The predicted octanol–water partition coefficient (Wildman–Crippen LogP) is 2.66. The Hall–Kier alpha value is -1.84. The molecule has 1 saturated heterocycles. The number of carbonyl (C=O) groups is 1. The lowest BCUT2D eigenvalue weighted by atomic mass is 9.86. The van der Waals surface area contributed by atoms with Crippen LogP contribution in [0.2, 0.25) is 0 Å². The Balaban J connectivity index is 1.68. The summed E-state index contributed by atoms with van der Waals surface area (Å²) in [6.45, 7) is 4.34. The summed E-state index contributed by atoms with van der Waals surface area (Å²) in [5, 5.41) is 0. The monoisotopic (exact) mass is 272 g/mol. The summed E-state index contributed by atoms with van der Waals surface area (Å²) in [5.74, 6) is 2.18. The molecule has 2 unspecified atom stereocenters. The summed E-state index contributed by atoms with van der Waals surface area (Å²) in [7, 11) is 0. The second kappa shape index (κ2) is 5.65. The quantitative estimate of drug-likeness (QED) is 0.626. The van der Waals surface area contributed by atoms with Crippen LogP contribution in [0.1, 0.15) is 30.1 Å². The van der Waals surface area contributed by atoms with E-state index in [0.29, 0.717) is 12.2 Å². The van der Waals surface area contributed by atoms with Crippen molar-refractivity contribution in [1.82, 2.24) is 4.98 Å². The molecular formula is C16H20N2O2. The third kappa shape index (κ3) is 2.55. The lowest BCUT2D eigenvalue weighted by molar-refractivity contribution is 0.0526. The molecule has 1 aliphatic heterocycles. The van der Waals surface area contributed by atoms with Crippen molar-refractivity contribution < 1.29 is 9.53 Å². The third-order valence-electron chi connectivity index (χ3n) is 4.20. The number of hydrogen-bond donors (Lipinski definition) is 0. The molecule has 2 atom stereocenters. The molecule has 0 N–H and O–H groups in total. The highest BCUT2D eigenvalue weighted by molar-refractivity contribution is 5.89. The maximum Gasteiger partial charge on any atom is 0.339 e. The van der Waals surface area contributed by atoms with Crippen LogP contribution in [0, 0.1) is 11.8 Å². The van der Waals surface area contributed by atoms with E-state index in [0.717, 1.165) is 30.7 Å². The van der Waals surface area contributed by atoms with E-state index in [9.17, 15) is 4.79 Å². The van der Waals surface area contributed by atoms with Crippen LogP contribution < -0.4 is 4.90 Å². The van der Waals surface area contributed by atoms with Gasteiger partial charge in [-0.25, -0.2) is 9.78 Å². The second-order valence-electron chi connectivity index (χ2n) is 5.49. The zero-order valence-electron chi connectivity index (χ0n) is 11.8. The molecule has 2 heterocycles. The van der Waals surface area contributed by atoms with E-state index in [1.54, 1.807) is 19.2 Å². The maximum atomic E-state index is 11.6. The van der Waals surface area contributed by atoms with Gasteiger partial charge in [-0.15, -0.1) is 0 Å². The van der Waals surface area contributed by atoms with E-state index in [1.807, 2.05) is 6.07 Å². The lowest BCUT2D eigenvalue weighted by Crippen LogP contribution is -2.21. The number of rotatable bonds is 3. The molecule has 4 heteroatoms. The number of pyridine rings is 1. The van der Waals surface area contributed by atoms with Crippen LogP contribution >= 0.6 is 0 Å². The molecule has 0 amide bonds. The van der Waals surface area contributed by atoms with E-state index < -0.39 is 0 Å². The molecule has 4 nitrogen and oxygen atoms in total. The fourth-order valence-electron chi connectivity index (χ4n) is 3.11. The normalized spacial score (nSPS) is 24.6. The minimum absolute atomic E-state index is 0.300. The summed E-state index contributed by atoms with van der Waals surface area (Å²) in [5.41, 5.74) is 0.522. The average molecular weight is 272 g/mol. The summed E-state index contributed by atoms with van der Waals surface area (Å²) in [6.07, 6.45) is 8.57. The van der Waals surface area contributed by atoms with Crippen molar-refractivity contribution >= 4 is 11.8 Å². The first kappa shape index (κ1) is 13.2. The minimum Gasteiger partial charge on any atom is -0.462 e. The minimum atomic E-state index is -0.300. The topological polar surface area (TPSA) is 42.4 Å². The van der Waals surface area contributed by atoms with Gasteiger partial charge in [0.15, 0.2) is 0 Å². The zero-order chi connectivity index (χ0) is 13.9.